The van der Waals surface area contributed by atoms with Crippen LogP contribution in [0.1, 0.15) is 41.7 Å². The molecule has 6 nitrogen and oxygen atoms in total. The zero-order chi connectivity index (χ0) is 17.1. The Labute approximate surface area is 140 Å². The summed E-state index contributed by atoms with van der Waals surface area (Å²) in [6.45, 7) is 3.03. The summed E-state index contributed by atoms with van der Waals surface area (Å²) in [6.07, 6.45) is 5.29. The minimum absolute atomic E-state index is 0.0815. The van der Waals surface area contributed by atoms with Crippen molar-refractivity contribution in [2.24, 2.45) is 0 Å². The number of benzene rings is 1. The first-order valence-corrected chi connectivity index (χ1v) is 7.96. The largest absolute Gasteiger partial charge is 0.478 e. The first-order chi connectivity index (χ1) is 11.5. The number of hydrogen-bond donors (Lipinski definition) is 1. The fourth-order valence-electron chi connectivity index (χ4n) is 3.03. The van der Waals surface area contributed by atoms with Crippen molar-refractivity contribution in [1.82, 2.24) is 14.9 Å². The number of carboxylic acids is 1. The zero-order valence-corrected chi connectivity index (χ0v) is 13.5. The number of aromatic nitrogens is 2. The fourth-order valence-corrected chi connectivity index (χ4v) is 3.03. The summed E-state index contributed by atoms with van der Waals surface area (Å²) >= 11 is 0. The lowest BCUT2D eigenvalue weighted by Gasteiger charge is -2.31. The Morgan fingerprint density at radius 2 is 2.12 bits per heavy atom. The third-order valence-corrected chi connectivity index (χ3v) is 4.34. The molecule has 0 spiro atoms. The van der Waals surface area contributed by atoms with E-state index in [-0.39, 0.29) is 17.4 Å². The van der Waals surface area contributed by atoms with Crippen LogP contribution in [0.4, 0.5) is 0 Å². The van der Waals surface area contributed by atoms with Gasteiger partial charge in [0, 0.05) is 37.7 Å². The van der Waals surface area contributed by atoms with E-state index in [4.69, 9.17) is 5.11 Å². The molecule has 3 rings (SSSR count). The molecule has 0 aliphatic carbocycles. The summed E-state index contributed by atoms with van der Waals surface area (Å²) in [6, 6.07) is 6.67. The summed E-state index contributed by atoms with van der Waals surface area (Å²) in [7, 11) is 0. The smallest absolute Gasteiger partial charge is 0.335 e. The normalized spacial score (nSPS) is 17.5. The van der Waals surface area contributed by atoms with E-state index >= 15 is 0 Å². The number of carboxylic acid groups (broad SMARTS) is 1. The molecule has 0 radical (unpaired) electrons. The van der Waals surface area contributed by atoms with Crippen LogP contribution in [-0.2, 0) is 4.79 Å². The molecule has 0 unspecified atom stereocenters. The van der Waals surface area contributed by atoms with E-state index in [1.165, 1.54) is 0 Å². The number of hydrogen-bond acceptors (Lipinski definition) is 4. The second kappa shape index (κ2) is 6.78. The summed E-state index contributed by atoms with van der Waals surface area (Å²) < 4.78 is 0. The first-order valence-electron chi connectivity index (χ1n) is 7.96. The number of amides is 1. The van der Waals surface area contributed by atoms with Gasteiger partial charge in [0.05, 0.1) is 23.1 Å². The number of nitrogens with zero attached hydrogens (tertiary/aromatic N) is 3. The van der Waals surface area contributed by atoms with E-state index in [2.05, 4.69) is 9.97 Å². The van der Waals surface area contributed by atoms with Gasteiger partial charge in [0.25, 0.3) is 0 Å². The molecule has 1 atom stereocenters. The lowest BCUT2D eigenvalue weighted by Crippen LogP contribution is -2.37. The van der Waals surface area contributed by atoms with Gasteiger partial charge in [-0.15, -0.1) is 0 Å². The molecule has 2 aromatic rings. The van der Waals surface area contributed by atoms with Gasteiger partial charge in [-0.3, -0.25) is 9.78 Å². The number of piperidine rings is 1. The molecule has 1 saturated heterocycles. The lowest BCUT2D eigenvalue weighted by atomic mass is 9.94. The van der Waals surface area contributed by atoms with Gasteiger partial charge in [0.1, 0.15) is 0 Å². The van der Waals surface area contributed by atoms with E-state index < -0.39 is 5.97 Å². The highest BCUT2D eigenvalue weighted by Gasteiger charge is 2.24. The van der Waals surface area contributed by atoms with Crippen molar-refractivity contribution in [3.05, 3.63) is 47.9 Å². The molecule has 1 aliphatic heterocycles. The number of aromatic carboxylic acids is 1. The van der Waals surface area contributed by atoms with Crippen molar-refractivity contribution in [3.8, 4) is 11.3 Å². The predicted octanol–water partition coefficient (Wildman–Crippen LogP) is 2.57. The summed E-state index contributed by atoms with van der Waals surface area (Å²) in [5.74, 6) is -0.721. The van der Waals surface area contributed by atoms with Crippen molar-refractivity contribution in [3.63, 3.8) is 0 Å². The molecular weight excluding hydrogens is 306 g/mol. The Kier molecular flexibility index (Phi) is 4.55. The molecule has 0 bridgehead atoms. The molecule has 1 fully saturated rings. The van der Waals surface area contributed by atoms with Crippen LogP contribution in [0.15, 0.2) is 36.7 Å². The second-order valence-electron chi connectivity index (χ2n) is 6.02. The van der Waals surface area contributed by atoms with Crippen LogP contribution >= 0.6 is 0 Å². The van der Waals surface area contributed by atoms with Gasteiger partial charge in [0.2, 0.25) is 5.91 Å². The molecule has 1 aromatic heterocycles. The number of rotatable bonds is 3. The lowest BCUT2D eigenvalue weighted by molar-refractivity contribution is -0.130. The Bertz CT molecular complexity index is 776. The van der Waals surface area contributed by atoms with E-state index in [9.17, 15) is 9.59 Å². The maximum atomic E-state index is 11.6. The Morgan fingerprint density at radius 1 is 1.29 bits per heavy atom. The van der Waals surface area contributed by atoms with E-state index in [1.807, 2.05) is 11.0 Å². The first kappa shape index (κ1) is 16.1. The van der Waals surface area contributed by atoms with E-state index in [0.29, 0.717) is 12.2 Å². The standard InChI is InChI=1S/C18H19N3O3/c1-12(22)21-7-3-6-15(11-21)17-10-19-9-16(20-17)13-4-2-5-14(8-13)18(23)24/h2,4-5,8-10,15H,3,6-7,11H2,1H3,(H,23,24)/t15-/m0/s1. The zero-order valence-electron chi connectivity index (χ0n) is 13.5. The van der Waals surface area contributed by atoms with Crippen LogP contribution in [0, 0.1) is 0 Å². The second-order valence-corrected chi connectivity index (χ2v) is 6.02. The molecule has 24 heavy (non-hydrogen) atoms. The summed E-state index contributed by atoms with van der Waals surface area (Å²) in [5, 5.41) is 9.12. The third-order valence-electron chi connectivity index (χ3n) is 4.34. The third kappa shape index (κ3) is 3.42. The highest BCUT2D eigenvalue weighted by atomic mass is 16.4. The van der Waals surface area contributed by atoms with Crippen molar-refractivity contribution in [2.75, 3.05) is 13.1 Å². The van der Waals surface area contributed by atoms with Crippen molar-refractivity contribution in [2.45, 2.75) is 25.7 Å². The van der Waals surface area contributed by atoms with Gasteiger partial charge in [-0.05, 0) is 25.0 Å². The number of carbonyl (C=O) groups is 2. The van der Waals surface area contributed by atoms with Gasteiger partial charge in [-0.2, -0.15) is 0 Å². The van der Waals surface area contributed by atoms with Crippen molar-refractivity contribution in [1.29, 1.82) is 0 Å². The summed E-state index contributed by atoms with van der Waals surface area (Å²) in [5.41, 5.74) is 2.44. The maximum absolute atomic E-state index is 11.6. The van der Waals surface area contributed by atoms with Crippen LogP contribution in [-0.4, -0.2) is 44.9 Å². The molecule has 0 saturated carbocycles. The molecule has 1 aliphatic rings. The molecule has 1 N–H and O–H groups in total. The average molecular weight is 325 g/mol. The van der Waals surface area contributed by atoms with E-state index in [0.717, 1.165) is 30.6 Å². The van der Waals surface area contributed by atoms with Gasteiger partial charge in [-0.1, -0.05) is 12.1 Å². The van der Waals surface area contributed by atoms with Crippen LogP contribution in [0.25, 0.3) is 11.3 Å². The van der Waals surface area contributed by atoms with Crippen LogP contribution in [0.5, 0.6) is 0 Å². The highest BCUT2D eigenvalue weighted by molar-refractivity contribution is 5.89. The fraction of sp³-hybridized carbons (Fsp3) is 0.333. The minimum Gasteiger partial charge on any atom is -0.478 e. The topological polar surface area (TPSA) is 83.4 Å². The van der Waals surface area contributed by atoms with Crippen LogP contribution < -0.4 is 0 Å². The Hall–Kier alpha value is -2.76. The van der Waals surface area contributed by atoms with Gasteiger partial charge in [-0.25, -0.2) is 9.78 Å². The minimum atomic E-state index is -0.967. The van der Waals surface area contributed by atoms with Crippen LogP contribution in [0.2, 0.25) is 0 Å². The highest BCUT2D eigenvalue weighted by Crippen LogP contribution is 2.27. The molecule has 2 heterocycles. The number of likely N-dealkylation sites (tertiary alicyclic amines) is 1. The summed E-state index contributed by atoms with van der Waals surface area (Å²) in [4.78, 5) is 33.5. The molecular formula is C18H19N3O3. The van der Waals surface area contributed by atoms with E-state index in [1.54, 1.807) is 37.5 Å². The quantitative estimate of drug-likeness (QED) is 0.937. The molecule has 124 valence electrons. The SMILES string of the molecule is CC(=O)N1CCC[C@H](c2cncc(-c3cccc(C(=O)O)c3)n2)C1. The Morgan fingerprint density at radius 3 is 2.88 bits per heavy atom. The Balaban J connectivity index is 1.88. The maximum Gasteiger partial charge on any atom is 0.335 e. The van der Waals surface area contributed by atoms with Gasteiger partial charge < -0.3 is 10.0 Å². The van der Waals surface area contributed by atoms with Crippen LogP contribution in [0.3, 0.4) is 0 Å². The molecule has 6 heteroatoms. The molecule has 1 aromatic carbocycles. The average Bonchev–Trinajstić information content (AvgIpc) is 2.62. The monoisotopic (exact) mass is 325 g/mol. The van der Waals surface area contributed by atoms with Gasteiger partial charge in [0.15, 0.2) is 0 Å². The van der Waals surface area contributed by atoms with Crippen molar-refractivity contribution < 1.29 is 14.7 Å². The van der Waals surface area contributed by atoms with Gasteiger partial charge >= 0.3 is 5.97 Å². The number of carbonyl (C=O) groups excluding carboxylic acids is 1. The predicted molar refractivity (Wildman–Crippen MR) is 88.7 cm³/mol. The molecule has 1 amide bonds. The van der Waals surface area contributed by atoms with Crippen molar-refractivity contribution >= 4 is 11.9 Å².